The van der Waals surface area contributed by atoms with E-state index in [1.807, 2.05) is 0 Å². The molecule has 5 heteroatoms. The molecule has 2 aromatic rings. The van der Waals surface area contributed by atoms with Gasteiger partial charge in [0.15, 0.2) is 5.82 Å². The third-order valence-electron chi connectivity index (χ3n) is 2.21. The molecule has 1 heterocycles. The predicted molar refractivity (Wildman–Crippen MR) is 60.7 cm³/mol. The van der Waals surface area contributed by atoms with E-state index in [2.05, 4.69) is 20.9 Å². The first-order valence-corrected chi connectivity index (χ1v) is 5.36. The minimum absolute atomic E-state index is 0.0109. The van der Waals surface area contributed by atoms with Crippen molar-refractivity contribution < 1.29 is 9.18 Å². The monoisotopic (exact) mass is 282 g/mol. The standard InChI is InChI=1S/C11H8BrFN2O/c1-15-6-5-14-11(15)10(16)9-7(12)3-2-4-8(9)13/h2-6H,1H3. The number of hydrogen-bond donors (Lipinski definition) is 0. The van der Waals surface area contributed by atoms with Crippen molar-refractivity contribution in [2.45, 2.75) is 0 Å². The number of aromatic nitrogens is 2. The van der Waals surface area contributed by atoms with E-state index in [9.17, 15) is 9.18 Å². The Kier molecular flexibility index (Phi) is 2.87. The molecule has 0 aliphatic rings. The average molecular weight is 283 g/mol. The predicted octanol–water partition coefficient (Wildman–Crippen LogP) is 2.55. The van der Waals surface area contributed by atoms with Gasteiger partial charge in [0.25, 0.3) is 0 Å². The topological polar surface area (TPSA) is 34.9 Å². The molecular formula is C11H8BrFN2O. The zero-order valence-electron chi connectivity index (χ0n) is 8.45. The Morgan fingerprint density at radius 2 is 2.25 bits per heavy atom. The summed E-state index contributed by atoms with van der Waals surface area (Å²) in [6.07, 6.45) is 3.14. The number of ketones is 1. The van der Waals surface area contributed by atoms with E-state index in [0.29, 0.717) is 4.47 Å². The van der Waals surface area contributed by atoms with Gasteiger partial charge in [-0.3, -0.25) is 4.79 Å². The number of rotatable bonds is 2. The molecule has 0 saturated heterocycles. The van der Waals surface area contributed by atoms with Gasteiger partial charge >= 0.3 is 0 Å². The lowest BCUT2D eigenvalue weighted by Crippen LogP contribution is -2.11. The zero-order valence-corrected chi connectivity index (χ0v) is 10.0. The van der Waals surface area contributed by atoms with E-state index in [-0.39, 0.29) is 11.4 Å². The highest BCUT2D eigenvalue weighted by Gasteiger charge is 2.20. The SMILES string of the molecule is Cn1ccnc1C(=O)c1c(F)cccc1Br. The van der Waals surface area contributed by atoms with Gasteiger partial charge < -0.3 is 4.57 Å². The third kappa shape index (κ3) is 1.78. The van der Waals surface area contributed by atoms with Crippen molar-refractivity contribution >= 4 is 21.7 Å². The summed E-state index contributed by atoms with van der Waals surface area (Å²) in [6, 6.07) is 4.41. The van der Waals surface area contributed by atoms with Crippen molar-refractivity contribution in [3.05, 3.63) is 52.3 Å². The van der Waals surface area contributed by atoms with Gasteiger partial charge in [0.2, 0.25) is 5.78 Å². The van der Waals surface area contributed by atoms with Crippen LogP contribution in [0.15, 0.2) is 35.1 Å². The molecule has 82 valence electrons. The summed E-state index contributed by atoms with van der Waals surface area (Å²) in [5, 5.41) is 0. The smallest absolute Gasteiger partial charge is 0.232 e. The Hall–Kier alpha value is -1.49. The van der Waals surface area contributed by atoms with Crippen LogP contribution in [0.3, 0.4) is 0 Å². The summed E-state index contributed by atoms with van der Waals surface area (Å²) in [6.45, 7) is 0. The zero-order chi connectivity index (χ0) is 11.7. The Bertz CT molecular complexity index is 530. The highest BCUT2D eigenvalue weighted by Crippen LogP contribution is 2.22. The number of benzene rings is 1. The molecule has 16 heavy (non-hydrogen) atoms. The molecule has 0 unspecified atom stereocenters. The van der Waals surface area contributed by atoms with Gasteiger partial charge in [-0.2, -0.15) is 0 Å². The van der Waals surface area contributed by atoms with Crippen molar-refractivity contribution in [2.24, 2.45) is 7.05 Å². The summed E-state index contributed by atoms with van der Waals surface area (Å²) >= 11 is 3.16. The highest BCUT2D eigenvalue weighted by atomic mass is 79.9. The summed E-state index contributed by atoms with van der Waals surface area (Å²) in [4.78, 5) is 15.9. The van der Waals surface area contributed by atoms with E-state index in [4.69, 9.17) is 0 Å². The van der Waals surface area contributed by atoms with Crippen molar-refractivity contribution in [3.8, 4) is 0 Å². The normalized spacial score (nSPS) is 10.4. The molecule has 1 aromatic carbocycles. The molecule has 0 radical (unpaired) electrons. The number of halogens is 2. The van der Waals surface area contributed by atoms with E-state index in [1.165, 1.54) is 18.3 Å². The van der Waals surface area contributed by atoms with Crippen LogP contribution in [0, 0.1) is 5.82 Å². The summed E-state index contributed by atoms with van der Waals surface area (Å²) in [7, 11) is 1.69. The molecule has 0 spiro atoms. The summed E-state index contributed by atoms with van der Waals surface area (Å²) in [5.74, 6) is -0.773. The molecule has 0 fully saturated rings. The van der Waals surface area contributed by atoms with Crippen LogP contribution < -0.4 is 0 Å². The molecular weight excluding hydrogens is 275 g/mol. The third-order valence-corrected chi connectivity index (χ3v) is 2.87. The van der Waals surface area contributed by atoms with Gasteiger partial charge in [0, 0.05) is 23.9 Å². The quantitative estimate of drug-likeness (QED) is 0.794. The summed E-state index contributed by atoms with van der Waals surface area (Å²) in [5.41, 5.74) is 0.0109. The lowest BCUT2D eigenvalue weighted by atomic mass is 10.1. The second-order valence-electron chi connectivity index (χ2n) is 3.29. The Morgan fingerprint density at radius 1 is 1.50 bits per heavy atom. The molecule has 0 N–H and O–H groups in total. The number of nitrogens with zero attached hydrogens (tertiary/aromatic N) is 2. The molecule has 1 aromatic heterocycles. The lowest BCUT2D eigenvalue weighted by Gasteiger charge is -2.04. The first-order valence-electron chi connectivity index (χ1n) is 4.57. The molecule has 2 rings (SSSR count). The Morgan fingerprint density at radius 3 is 2.81 bits per heavy atom. The van der Waals surface area contributed by atoms with E-state index in [1.54, 1.807) is 23.9 Å². The minimum atomic E-state index is -0.553. The van der Waals surface area contributed by atoms with Crippen molar-refractivity contribution in [1.29, 1.82) is 0 Å². The Labute approximate surface area is 100 Å². The van der Waals surface area contributed by atoms with Crippen LogP contribution in [0.1, 0.15) is 16.2 Å². The van der Waals surface area contributed by atoms with Crippen molar-refractivity contribution in [1.82, 2.24) is 9.55 Å². The average Bonchev–Trinajstić information content (AvgIpc) is 2.64. The van der Waals surface area contributed by atoms with Crippen LogP contribution >= 0.6 is 15.9 Å². The van der Waals surface area contributed by atoms with Gasteiger partial charge in [0.05, 0.1) is 5.56 Å². The van der Waals surface area contributed by atoms with Gasteiger partial charge in [-0.15, -0.1) is 0 Å². The molecule has 0 amide bonds. The molecule has 0 atom stereocenters. The van der Waals surface area contributed by atoms with Crippen molar-refractivity contribution in [2.75, 3.05) is 0 Å². The van der Waals surface area contributed by atoms with Gasteiger partial charge in [-0.25, -0.2) is 9.37 Å². The fourth-order valence-electron chi connectivity index (χ4n) is 1.41. The lowest BCUT2D eigenvalue weighted by molar-refractivity contribution is 0.102. The largest absolute Gasteiger partial charge is 0.331 e. The van der Waals surface area contributed by atoms with E-state index >= 15 is 0 Å². The molecule has 0 aliphatic carbocycles. The van der Waals surface area contributed by atoms with Crippen LogP contribution in [0.2, 0.25) is 0 Å². The van der Waals surface area contributed by atoms with Crippen LogP contribution in [-0.2, 0) is 7.05 Å². The number of carbonyl (C=O) groups excluding carboxylic acids is 1. The van der Waals surface area contributed by atoms with Crippen LogP contribution in [0.4, 0.5) is 4.39 Å². The van der Waals surface area contributed by atoms with Crippen LogP contribution in [0.5, 0.6) is 0 Å². The first kappa shape index (κ1) is 11.0. The fourth-order valence-corrected chi connectivity index (χ4v) is 1.93. The number of aryl methyl sites for hydroxylation is 1. The minimum Gasteiger partial charge on any atom is -0.331 e. The highest BCUT2D eigenvalue weighted by molar-refractivity contribution is 9.10. The van der Waals surface area contributed by atoms with Gasteiger partial charge in [0.1, 0.15) is 5.82 Å². The number of carbonyl (C=O) groups is 1. The second kappa shape index (κ2) is 4.17. The number of imidazole rings is 1. The molecule has 0 saturated carbocycles. The van der Waals surface area contributed by atoms with Crippen LogP contribution in [-0.4, -0.2) is 15.3 Å². The molecule has 0 aliphatic heterocycles. The van der Waals surface area contributed by atoms with Gasteiger partial charge in [-0.05, 0) is 28.1 Å². The summed E-state index contributed by atoms with van der Waals surface area (Å²) < 4.78 is 15.5. The molecule has 0 bridgehead atoms. The number of hydrogen-bond acceptors (Lipinski definition) is 2. The first-order chi connectivity index (χ1) is 7.61. The Balaban J connectivity index is 2.54. The molecule has 3 nitrogen and oxygen atoms in total. The van der Waals surface area contributed by atoms with Crippen molar-refractivity contribution in [3.63, 3.8) is 0 Å². The fraction of sp³-hybridized carbons (Fsp3) is 0.0909. The van der Waals surface area contributed by atoms with E-state index in [0.717, 1.165) is 0 Å². The van der Waals surface area contributed by atoms with Gasteiger partial charge in [-0.1, -0.05) is 6.07 Å². The van der Waals surface area contributed by atoms with Crippen LogP contribution in [0.25, 0.3) is 0 Å². The maximum Gasteiger partial charge on any atom is 0.232 e. The maximum atomic E-state index is 13.5. The maximum absolute atomic E-state index is 13.5. The second-order valence-corrected chi connectivity index (χ2v) is 4.14. The van der Waals surface area contributed by atoms with E-state index < -0.39 is 11.6 Å².